The van der Waals surface area contributed by atoms with E-state index in [1.165, 1.54) is 0 Å². The molecule has 3 heteroatoms. The predicted molar refractivity (Wildman–Crippen MR) is 95.1 cm³/mol. The third-order valence-electron chi connectivity index (χ3n) is 4.14. The second-order valence-electron chi connectivity index (χ2n) is 5.71. The van der Waals surface area contributed by atoms with E-state index < -0.39 is 6.10 Å². The van der Waals surface area contributed by atoms with E-state index in [2.05, 4.69) is 12.2 Å². The molecule has 0 heterocycles. The van der Waals surface area contributed by atoms with Crippen LogP contribution in [0.15, 0.2) is 42.5 Å². The molecule has 0 unspecified atom stereocenters. The summed E-state index contributed by atoms with van der Waals surface area (Å²) < 4.78 is 5.97. The molecular weight excluding hydrogens is 286 g/mol. The number of para-hydroxylation sites is 1. The Bertz CT molecular complexity index is 679. The average Bonchev–Trinajstić information content (AvgIpc) is 2.56. The Balaban J connectivity index is 2.14. The number of benzene rings is 2. The number of ether oxygens (including phenoxy) is 1. The van der Waals surface area contributed by atoms with Crippen LogP contribution in [0.4, 0.5) is 5.69 Å². The number of carbonyl (C=O) groups is 1. The Labute approximate surface area is 138 Å². The fourth-order valence-electron chi connectivity index (χ4n) is 2.49. The molecule has 0 aliphatic rings. The number of rotatable bonds is 6. The second kappa shape index (κ2) is 7.82. The van der Waals surface area contributed by atoms with Crippen molar-refractivity contribution in [2.24, 2.45) is 0 Å². The minimum Gasteiger partial charge on any atom is -0.480 e. The van der Waals surface area contributed by atoms with Gasteiger partial charge in [0.15, 0.2) is 6.10 Å². The second-order valence-corrected chi connectivity index (χ2v) is 5.71. The number of hydrogen-bond donors (Lipinski definition) is 1. The van der Waals surface area contributed by atoms with Gasteiger partial charge >= 0.3 is 0 Å². The molecule has 2 aromatic rings. The molecule has 23 heavy (non-hydrogen) atoms. The van der Waals surface area contributed by atoms with E-state index in [0.29, 0.717) is 6.42 Å². The highest BCUT2D eigenvalue weighted by atomic mass is 16.5. The van der Waals surface area contributed by atoms with Crippen LogP contribution in [0.1, 0.15) is 37.0 Å². The first-order valence-corrected chi connectivity index (χ1v) is 8.18. The minimum absolute atomic E-state index is 0.102. The third kappa shape index (κ3) is 4.13. The fraction of sp³-hybridized carbons (Fsp3) is 0.350. The van der Waals surface area contributed by atoms with Gasteiger partial charge in [0.25, 0.3) is 5.91 Å². The largest absolute Gasteiger partial charge is 0.480 e. The Morgan fingerprint density at radius 2 is 1.83 bits per heavy atom. The standard InChI is InChI=1S/C20H25NO2/c1-5-16-11-7-8-12-17(16)21-20(22)18(6-2)23-19-13-9-10-14(3)15(19)4/h7-13,18H,5-6H2,1-4H3,(H,21,22)/t18-/m1/s1. The van der Waals surface area contributed by atoms with Gasteiger partial charge in [-0.3, -0.25) is 4.79 Å². The highest BCUT2D eigenvalue weighted by Crippen LogP contribution is 2.23. The van der Waals surface area contributed by atoms with Gasteiger partial charge in [0.1, 0.15) is 5.75 Å². The predicted octanol–water partition coefficient (Wildman–Crippen LogP) is 4.66. The van der Waals surface area contributed by atoms with Crippen LogP contribution in [0.25, 0.3) is 0 Å². The Kier molecular flexibility index (Phi) is 5.80. The van der Waals surface area contributed by atoms with Gasteiger partial charge in [-0.05, 0) is 55.5 Å². The summed E-state index contributed by atoms with van der Waals surface area (Å²) in [6.45, 7) is 8.10. The van der Waals surface area contributed by atoms with Crippen LogP contribution in [0.3, 0.4) is 0 Å². The summed E-state index contributed by atoms with van der Waals surface area (Å²) >= 11 is 0. The SMILES string of the molecule is CCc1ccccc1NC(=O)[C@@H](CC)Oc1cccc(C)c1C. The third-order valence-corrected chi connectivity index (χ3v) is 4.14. The molecule has 0 saturated carbocycles. The minimum atomic E-state index is -0.500. The lowest BCUT2D eigenvalue weighted by molar-refractivity contribution is -0.122. The molecular formula is C20H25NO2. The summed E-state index contributed by atoms with van der Waals surface area (Å²) in [6, 6.07) is 13.8. The molecule has 3 nitrogen and oxygen atoms in total. The summed E-state index contributed by atoms with van der Waals surface area (Å²) in [7, 11) is 0. The molecule has 0 bridgehead atoms. The molecule has 0 aromatic heterocycles. The molecule has 1 amide bonds. The van der Waals surface area contributed by atoms with Crippen molar-refractivity contribution in [2.45, 2.75) is 46.6 Å². The lowest BCUT2D eigenvalue weighted by Crippen LogP contribution is -2.32. The summed E-state index contributed by atoms with van der Waals surface area (Å²) in [4.78, 5) is 12.6. The van der Waals surface area contributed by atoms with Crippen molar-refractivity contribution >= 4 is 11.6 Å². The van der Waals surface area contributed by atoms with E-state index in [0.717, 1.165) is 34.5 Å². The number of aryl methyl sites for hydroxylation is 2. The smallest absolute Gasteiger partial charge is 0.265 e. The van der Waals surface area contributed by atoms with Crippen molar-refractivity contribution in [2.75, 3.05) is 5.32 Å². The van der Waals surface area contributed by atoms with Crippen molar-refractivity contribution in [1.82, 2.24) is 0 Å². The zero-order valence-electron chi connectivity index (χ0n) is 14.3. The van der Waals surface area contributed by atoms with Gasteiger partial charge in [-0.1, -0.05) is 44.2 Å². The first kappa shape index (κ1) is 17.1. The maximum absolute atomic E-state index is 12.6. The van der Waals surface area contributed by atoms with E-state index in [4.69, 9.17) is 4.74 Å². The first-order valence-electron chi connectivity index (χ1n) is 8.18. The van der Waals surface area contributed by atoms with Crippen LogP contribution < -0.4 is 10.1 Å². The summed E-state index contributed by atoms with van der Waals surface area (Å²) in [5, 5.41) is 3.00. The molecule has 1 atom stereocenters. The maximum atomic E-state index is 12.6. The van der Waals surface area contributed by atoms with Crippen LogP contribution in [-0.4, -0.2) is 12.0 Å². The van der Waals surface area contributed by atoms with Crippen LogP contribution in [0, 0.1) is 13.8 Å². The highest BCUT2D eigenvalue weighted by Gasteiger charge is 2.20. The quantitative estimate of drug-likeness (QED) is 0.842. The first-order chi connectivity index (χ1) is 11.1. The van der Waals surface area contributed by atoms with Gasteiger partial charge in [0.05, 0.1) is 0 Å². The van der Waals surface area contributed by atoms with Crippen LogP contribution >= 0.6 is 0 Å². The van der Waals surface area contributed by atoms with Gasteiger partial charge in [-0.2, -0.15) is 0 Å². The van der Waals surface area contributed by atoms with Crippen molar-refractivity contribution < 1.29 is 9.53 Å². The molecule has 0 radical (unpaired) electrons. The van der Waals surface area contributed by atoms with Crippen molar-refractivity contribution in [1.29, 1.82) is 0 Å². The summed E-state index contributed by atoms with van der Waals surface area (Å²) in [6.07, 6.45) is 0.999. The molecule has 0 fully saturated rings. The Hall–Kier alpha value is -2.29. The van der Waals surface area contributed by atoms with E-state index in [1.54, 1.807) is 0 Å². The number of hydrogen-bond acceptors (Lipinski definition) is 2. The molecule has 0 spiro atoms. The lowest BCUT2D eigenvalue weighted by atomic mass is 10.1. The molecule has 0 aliphatic heterocycles. The monoisotopic (exact) mass is 311 g/mol. The molecule has 1 N–H and O–H groups in total. The van der Waals surface area contributed by atoms with Crippen molar-refractivity contribution in [3.05, 3.63) is 59.2 Å². The maximum Gasteiger partial charge on any atom is 0.265 e. The number of nitrogens with one attached hydrogen (secondary N) is 1. The Morgan fingerprint density at radius 3 is 2.52 bits per heavy atom. The van der Waals surface area contributed by atoms with Gasteiger partial charge in [0.2, 0.25) is 0 Å². The number of amides is 1. The summed E-state index contributed by atoms with van der Waals surface area (Å²) in [5.74, 6) is 0.671. The van der Waals surface area contributed by atoms with Crippen molar-refractivity contribution in [3.63, 3.8) is 0 Å². The van der Waals surface area contributed by atoms with Crippen LogP contribution in [-0.2, 0) is 11.2 Å². The Morgan fingerprint density at radius 1 is 1.09 bits per heavy atom. The van der Waals surface area contributed by atoms with Gasteiger partial charge in [-0.15, -0.1) is 0 Å². The average molecular weight is 311 g/mol. The van der Waals surface area contributed by atoms with Gasteiger partial charge in [-0.25, -0.2) is 0 Å². The zero-order chi connectivity index (χ0) is 16.8. The number of anilines is 1. The highest BCUT2D eigenvalue weighted by molar-refractivity contribution is 5.95. The van der Waals surface area contributed by atoms with Gasteiger partial charge in [0, 0.05) is 5.69 Å². The van der Waals surface area contributed by atoms with Crippen LogP contribution in [0.2, 0.25) is 0 Å². The van der Waals surface area contributed by atoms with E-state index in [-0.39, 0.29) is 5.91 Å². The zero-order valence-corrected chi connectivity index (χ0v) is 14.3. The van der Waals surface area contributed by atoms with Crippen LogP contribution in [0.5, 0.6) is 5.75 Å². The van der Waals surface area contributed by atoms with E-state index in [1.807, 2.05) is 63.2 Å². The normalized spacial score (nSPS) is 11.8. The molecule has 2 rings (SSSR count). The fourth-order valence-corrected chi connectivity index (χ4v) is 2.49. The summed E-state index contributed by atoms with van der Waals surface area (Å²) in [5.41, 5.74) is 4.23. The lowest BCUT2D eigenvalue weighted by Gasteiger charge is -2.20. The molecule has 122 valence electrons. The molecule has 2 aromatic carbocycles. The van der Waals surface area contributed by atoms with Crippen molar-refractivity contribution in [3.8, 4) is 5.75 Å². The van der Waals surface area contributed by atoms with E-state index >= 15 is 0 Å². The number of carbonyl (C=O) groups excluding carboxylic acids is 1. The molecule has 0 aliphatic carbocycles. The molecule has 0 saturated heterocycles. The van der Waals surface area contributed by atoms with Gasteiger partial charge < -0.3 is 10.1 Å². The topological polar surface area (TPSA) is 38.3 Å². The van der Waals surface area contributed by atoms with E-state index in [9.17, 15) is 4.79 Å².